The van der Waals surface area contributed by atoms with Crippen molar-refractivity contribution in [1.29, 1.82) is 0 Å². The number of hydrogen-bond donors (Lipinski definition) is 2. The van der Waals surface area contributed by atoms with Gasteiger partial charge in [0.25, 0.3) is 5.91 Å². The van der Waals surface area contributed by atoms with Crippen molar-refractivity contribution in [2.24, 2.45) is 5.92 Å². The fourth-order valence-corrected chi connectivity index (χ4v) is 2.95. The van der Waals surface area contributed by atoms with E-state index in [0.29, 0.717) is 30.4 Å². The summed E-state index contributed by atoms with van der Waals surface area (Å²) in [6.45, 7) is 2.46. The molecule has 1 heterocycles. The number of aliphatic carboxylic acids is 1. The van der Waals surface area contributed by atoms with Crippen LogP contribution in [0.25, 0.3) is 0 Å². The molecule has 0 aromatic heterocycles. The number of benzene rings is 1. The average Bonchev–Trinajstić information content (AvgIpc) is 2.55. The Morgan fingerprint density at radius 3 is 2.75 bits per heavy atom. The highest BCUT2D eigenvalue weighted by Crippen LogP contribution is 2.28. The zero-order valence-corrected chi connectivity index (χ0v) is 14.6. The monoisotopic (exact) mass is 375 g/mol. The highest BCUT2D eigenvalue weighted by Gasteiger charge is 2.32. The molecule has 1 amide bonds. The fourth-order valence-electron chi connectivity index (χ4n) is 2.50. The lowest BCUT2D eigenvalue weighted by atomic mass is 9.93. The Balaban J connectivity index is 1.99. The third kappa shape index (κ3) is 5.00. The molecule has 0 bridgehead atoms. The summed E-state index contributed by atoms with van der Waals surface area (Å²) in [6.07, 6.45) is 0.557. The summed E-state index contributed by atoms with van der Waals surface area (Å²) in [5, 5.41) is 12.6. The van der Waals surface area contributed by atoms with Gasteiger partial charge in [0.2, 0.25) is 0 Å². The van der Waals surface area contributed by atoms with Gasteiger partial charge in [0, 0.05) is 17.5 Å². The van der Waals surface area contributed by atoms with Crippen molar-refractivity contribution in [2.45, 2.75) is 31.9 Å². The maximum atomic E-state index is 12.3. The van der Waals surface area contributed by atoms with Crippen LogP contribution in [0.5, 0.6) is 5.75 Å². The van der Waals surface area contributed by atoms with Gasteiger partial charge in [0.15, 0.2) is 6.10 Å². The molecule has 0 aliphatic carbocycles. The Morgan fingerprint density at radius 2 is 2.17 bits per heavy atom. The molecule has 2 rings (SSSR count). The van der Waals surface area contributed by atoms with Crippen molar-refractivity contribution in [3.8, 4) is 5.75 Å². The van der Waals surface area contributed by atoms with E-state index in [1.807, 2.05) is 0 Å². The van der Waals surface area contributed by atoms with Gasteiger partial charge >= 0.3 is 5.97 Å². The number of nitrogens with one attached hydrogen (secondary N) is 1. The molecule has 0 radical (unpaired) electrons. The van der Waals surface area contributed by atoms with Crippen LogP contribution in [0.1, 0.15) is 19.8 Å². The number of amides is 1. The van der Waals surface area contributed by atoms with Gasteiger partial charge in [-0.1, -0.05) is 23.2 Å². The first-order chi connectivity index (χ1) is 11.4. The van der Waals surface area contributed by atoms with E-state index in [9.17, 15) is 14.7 Å². The van der Waals surface area contributed by atoms with Gasteiger partial charge in [0.05, 0.1) is 11.6 Å². The maximum absolute atomic E-state index is 12.3. The van der Waals surface area contributed by atoms with Crippen molar-refractivity contribution in [1.82, 2.24) is 5.32 Å². The molecule has 24 heavy (non-hydrogen) atoms. The minimum absolute atomic E-state index is 0.258. The zero-order chi connectivity index (χ0) is 17.7. The number of hydrogen-bond acceptors (Lipinski definition) is 4. The van der Waals surface area contributed by atoms with E-state index in [1.165, 1.54) is 13.0 Å². The second kappa shape index (κ2) is 8.55. The predicted octanol–water partition coefficient (Wildman–Crippen LogP) is 2.76. The van der Waals surface area contributed by atoms with Gasteiger partial charge in [-0.05, 0) is 38.0 Å². The molecule has 3 atom stereocenters. The lowest BCUT2D eigenvalue weighted by Crippen LogP contribution is -2.51. The molecular formula is C16H19Cl2NO5. The normalized spacial score (nSPS) is 20.0. The Kier molecular flexibility index (Phi) is 6.71. The van der Waals surface area contributed by atoms with Gasteiger partial charge in [-0.25, -0.2) is 4.79 Å². The summed E-state index contributed by atoms with van der Waals surface area (Å²) in [5.74, 6) is -1.57. The van der Waals surface area contributed by atoms with Crippen LogP contribution in [0, 0.1) is 5.92 Å². The van der Waals surface area contributed by atoms with Crippen LogP contribution in [0.4, 0.5) is 0 Å². The van der Waals surface area contributed by atoms with E-state index >= 15 is 0 Å². The summed E-state index contributed by atoms with van der Waals surface area (Å²) in [7, 11) is 0. The van der Waals surface area contributed by atoms with Crippen molar-refractivity contribution in [3.05, 3.63) is 28.2 Å². The molecule has 1 aromatic carbocycles. The number of halogens is 2. The molecule has 132 valence electrons. The number of carbonyl (C=O) groups is 2. The summed E-state index contributed by atoms with van der Waals surface area (Å²) >= 11 is 11.8. The second-order valence-corrected chi connectivity index (χ2v) is 6.48. The standard InChI is InChI=1S/C16H19Cl2NO5/c1-9(24-13-5-4-11(17)7-12(13)18)15(20)19-14(16(21)22)10-3-2-6-23-8-10/h4-5,7,9-10,14H,2-3,6,8H2,1H3,(H,19,20)(H,21,22). The molecule has 6 nitrogen and oxygen atoms in total. The summed E-state index contributed by atoms with van der Waals surface area (Å²) in [4.78, 5) is 23.7. The van der Waals surface area contributed by atoms with Crippen LogP contribution in [-0.2, 0) is 14.3 Å². The van der Waals surface area contributed by atoms with Crippen LogP contribution in [-0.4, -0.2) is 42.3 Å². The summed E-state index contributed by atoms with van der Waals surface area (Å²) < 4.78 is 10.8. The van der Waals surface area contributed by atoms with Crippen molar-refractivity contribution in [2.75, 3.05) is 13.2 Å². The molecule has 0 saturated carbocycles. The zero-order valence-electron chi connectivity index (χ0n) is 13.1. The predicted molar refractivity (Wildman–Crippen MR) is 89.7 cm³/mol. The maximum Gasteiger partial charge on any atom is 0.326 e. The summed E-state index contributed by atoms with van der Waals surface area (Å²) in [6, 6.07) is 3.64. The van der Waals surface area contributed by atoms with E-state index in [-0.39, 0.29) is 10.9 Å². The highest BCUT2D eigenvalue weighted by molar-refractivity contribution is 6.35. The molecule has 1 aromatic rings. The molecular weight excluding hydrogens is 357 g/mol. The smallest absolute Gasteiger partial charge is 0.326 e. The van der Waals surface area contributed by atoms with Crippen LogP contribution in [0.3, 0.4) is 0 Å². The van der Waals surface area contributed by atoms with E-state index in [4.69, 9.17) is 32.7 Å². The molecule has 0 spiro atoms. The first-order valence-electron chi connectivity index (χ1n) is 7.61. The number of rotatable bonds is 6. The van der Waals surface area contributed by atoms with Crippen LogP contribution in [0.15, 0.2) is 18.2 Å². The lowest BCUT2D eigenvalue weighted by molar-refractivity contribution is -0.146. The Bertz CT molecular complexity index is 604. The van der Waals surface area contributed by atoms with Gasteiger partial charge in [0.1, 0.15) is 11.8 Å². The largest absolute Gasteiger partial charge is 0.480 e. The topological polar surface area (TPSA) is 84.9 Å². The molecule has 1 aliphatic rings. The van der Waals surface area contributed by atoms with Gasteiger partial charge in [-0.2, -0.15) is 0 Å². The van der Waals surface area contributed by atoms with E-state index in [2.05, 4.69) is 5.32 Å². The van der Waals surface area contributed by atoms with Crippen molar-refractivity contribution >= 4 is 35.1 Å². The minimum atomic E-state index is -1.09. The molecule has 1 fully saturated rings. The van der Waals surface area contributed by atoms with Crippen molar-refractivity contribution < 1.29 is 24.2 Å². The Hall–Kier alpha value is -1.50. The van der Waals surface area contributed by atoms with E-state index in [1.54, 1.807) is 12.1 Å². The van der Waals surface area contributed by atoms with E-state index < -0.39 is 24.0 Å². The molecule has 2 N–H and O–H groups in total. The number of carbonyl (C=O) groups excluding carboxylic acids is 1. The first kappa shape index (κ1) is 18.8. The van der Waals surface area contributed by atoms with Crippen LogP contribution >= 0.6 is 23.2 Å². The van der Waals surface area contributed by atoms with Crippen LogP contribution in [0.2, 0.25) is 10.0 Å². The Labute approximate surface area is 150 Å². The van der Waals surface area contributed by atoms with Gasteiger partial charge in [-0.15, -0.1) is 0 Å². The number of carboxylic acids is 1. The third-order valence-corrected chi connectivity index (χ3v) is 4.33. The molecule has 8 heteroatoms. The van der Waals surface area contributed by atoms with E-state index in [0.717, 1.165) is 6.42 Å². The van der Waals surface area contributed by atoms with Crippen molar-refractivity contribution in [3.63, 3.8) is 0 Å². The van der Waals surface area contributed by atoms with Gasteiger partial charge < -0.3 is 19.9 Å². The fraction of sp³-hybridized carbons (Fsp3) is 0.500. The highest BCUT2D eigenvalue weighted by atomic mass is 35.5. The summed E-state index contributed by atoms with van der Waals surface area (Å²) in [5.41, 5.74) is 0. The lowest BCUT2D eigenvalue weighted by Gasteiger charge is -2.29. The molecule has 1 saturated heterocycles. The number of carboxylic acid groups (broad SMARTS) is 1. The molecule has 3 unspecified atom stereocenters. The average molecular weight is 376 g/mol. The number of ether oxygens (including phenoxy) is 2. The quantitative estimate of drug-likeness (QED) is 0.798. The van der Waals surface area contributed by atoms with Crippen LogP contribution < -0.4 is 10.1 Å². The third-order valence-electron chi connectivity index (χ3n) is 3.80. The second-order valence-electron chi connectivity index (χ2n) is 5.64. The SMILES string of the molecule is CC(Oc1ccc(Cl)cc1Cl)C(=O)NC(C(=O)O)C1CCCOC1. The van der Waals surface area contributed by atoms with Gasteiger partial charge in [-0.3, -0.25) is 4.79 Å². The first-order valence-corrected chi connectivity index (χ1v) is 8.36. The Morgan fingerprint density at radius 1 is 1.42 bits per heavy atom. The molecule has 1 aliphatic heterocycles. The minimum Gasteiger partial charge on any atom is -0.480 e.